The molecule has 11 heteroatoms. The molecule has 0 aliphatic heterocycles. The van der Waals surface area contributed by atoms with Gasteiger partial charge in [0.25, 0.3) is 0 Å². The second-order valence-corrected chi connectivity index (χ2v) is 11.2. The fraction of sp³-hybridized carbons (Fsp3) is 0.276. The molecule has 0 spiro atoms. The number of carboxylic acids is 1. The molecule has 0 amide bonds. The molecule has 2 aliphatic carbocycles. The van der Waals surface area contributed by atoms with Crippen LogP contribution in [-0.4, -0.2) is 30.0 Å². The van der Waals surface area contributed by atoms with Crippen molar-refractivity contribution < 1.29 is 27.3 Å². The van der Waals surface area contributed by atoms with E-state index in [2.05, 4.69) is 16.8 Å². The first-order valence-corrected chi connectivity index (χ1v) is 14.0. The highest BCUT2D eigenvalue weighted by atomic mass is 32.2. The molecule has 204 valence electrons. The van der Waals surface area contributed by atoms with Crippen LogP contribution in [0, 0.1) is 35.3 Å². The second-order valence-electron chi connectivity index (χ2n) is 10.1. The maximum Gasteiger partial charge on any atom is 0.357 e. The van der Waals surface area contributed by atoms with Gasteiger partial charge in [-0.3, -0.25) is 0 Å². The molecule has 2 aromatic heterocycles. The third kappa shape index (κ3) is 5.46. The van der Waals surface area contributed by atoms with Gasteiger partial charge in [-0.2, -0.15) is 14.8 Å². The Morgan fingerprint density at radius 1 is 1.15 bits per heavy atom. The Bertz CT molecular complexity index is 1730. The monoisotopic (exact) mass is 562 g/mol. The summed E-state index contributed by atoms with van der Waals surface area (Å²) < 4.78 is 48.0. The van der Waals surface area contributed by atoms with Gasteiger partial charge < -0.3 is 9.52 Å². The third-order valence-corrected chi connectivity index (χ3v) is 7.75. The van der Waals surface area contributed by atoms with Gasteiger partial charge in [0.2, 0.25) is 0 Å². The number of carbonyl (C=O) groups is 1. The molecule has 8 nitrogen and oxygen atoms in total. The molecule has 2 saturated carbocycles. The van der Waals surface area contributed by atoms with Crippen molar-refractivity contribution in [3.63, 3.8) is 0 Å². The molecule has 2 heterocycles. The molecule has 0 radical (unpaired) electrons. The molecule has 1 atom stereocenters. The van der Waals surface area contributed by atoms with E-state index in [1.54, 1.807) is 18.2 Å². The molecule has 2 aliphatic rings. The van der Waals surface area contributed by atoms with E-state index in [9.17, 15) is 22.9 Å². The smallest absolute Gasteiger partial charge is 0.357 e. The lowest BCUT2D eigenvalue weighted by atomic mass is 9.96. The zero-order valence-electron chi connectivity index (χ0n) is 21.2. The third-order valence-electron chi connectivity index (χ3n) is 6.98. The van der Waals surface area contributed by atoms with Crippen LogP contribution in [0.2, 0.25) is 0 Å². The predicted octanol–water partition coefficient (Wildman–Crippen LogP) is 4.79. The molecule has 6 rings (SSSR count). The van der Waals surface area contributed by atoms with E-state index < -0.39 is 28.6 Å². The quantitative estimate of drug-likeness (QED) is 0.298. The number of nitrogens with two attached hydrogens (primary N) is 1. The highest BCUT2D eigenvalue weighted by Gasteiger charge is 2.30. The van der Waals surface area contributed by atoms with Crippen molar-refractivity contribution in [2.75, 3.05) is 0 Å². The van der Waals surface area contributed by atoms with Gasteiger partial charge in [-0.25, -0.2) is 22.9 Å². The standard InChI is InChI=1S/C29H24F2N4O4S/c30-22-9-8-20(14-19(22)7-5-16-1-2-16)27-21(11-18-6-10-26(40(32)38)23(31)12-18)25(13-17-3-4-17)35(34-27)29-33-24(15-39-29)28(36)37/h6,8-10,12,14-17H,1-4,11,13,32H2,(H,36,37). The van der Waals surface area contributed by atoms with Crippen molar-refractivity contribution in [2.45, 2.75) is 43.4 Å². The van der Waals surface area contributed by atoms with Crippen molar-refractivity contribution in [2.24, 2.45) is 17.0 Å². The number of aromatic carboxylic acids is 1. The van der Waals surface area contributed by atoms with E-state index in [0.717, 1.165) is 43.2 Å². The first-order valence-electron chi connectivity index (χ1n) is 12.8. The summed E-state index contributed by atoms with van der Waals surface area (Å²) in [5.74, 6) is 4.34. The summed E-state index contributed by atoms with van der Waals surface area (Å²) in [6, 6.07) is 8.89. The van der Waals surface area contributed by atoms with Crippen molar-refractivity contribution in [1.29, 1.82) is 0 Å². The zero-order valence-corrected chi connectivity index (χ0v) is 22.0. The first-order chi connectivity index (χ1) is 19.3. The van der Waals surface area contributed by atoms with Crippen molar-refractivity contribution >= 4 is 17.0 Å². The molecule has 4 aromatic rings. The van der Waals surface area contributed by atoms with Crippen LogP contribution >= 0.6 is 0 Å². The lowest BCUT2D eigenvalue weighted by Crippen LogP contribution is -2.07. The topological polar surface area (TPSA) is 124 Å². The average Bonchev–Trinajstić information content (AvgIpc) is 3.84. The van der Waals surface area contributed by atoms with Crippen LogP contribution in [0.25, 0.3) is 17.3 Å². The van der Waals surface area contributed by atoms with Gasteiger partial charge in [-0.1, -0.05) is 17.9 Å². The van der Waals surface area contributed by atoms with Crippen LogP contribution in [0.3, 0.4) is 0 Å². The Labute approximate surface area is 230 Å². The maximum absolute atomic E-state index is 14.7. The molecule has 2 fully saturated rings. The van der Waals surface area contributed by atoms with Crippen LogP contribution in [-0.2, 0) is 23.8 Å². The average molecular weight is 563 g/mol. The maximum atomic E-state index is 14.7. The number of aromatic nitrogens is 3. The summed E-state index contributed by atoms with van der Waals surface area (Å²) in [6.07, 6.45) is 5.95. The Kier molecular flexibility index (Phi) is 6.82. The van der Waals surface area contributed by atoms with E-state index in [4.69, 9.17) is 14.7 Å². The van der Waals surface area contributed by atoms with E-state index in [0.29, 0.717) is 29.2 Å². The molecule has 0 bridgehead atoms. The summed E-state index contributed by atoms with van der Waals surface area (Å²) in [4.78, 5) is 15.5. The van der Waals surface area contributed by atoms with Crippen LogP contribution in [0.5, 0.6) is 0 Å². The van der Waals surface area contributed by atoms with E-state index in [1.165, 1.54) is 22.9 Å². The minimum atomic E-state index is -1.97. The highest BCUT2D eigenvalue weighted by molar-refractivity contribution is 7.82. The fourth-order valence-electron chi connectivity index (χ4n) is 4.52. The largest absolute Gasteiger partial charge is 0.476 e. The van der Waals surface area contributed by atoms with Crippen molar-refractivity contribution in [1.82, 2.24) is 14.8 Å². The van der Waals surface area contributed by atoms with Crippen LogP contribution in [0.15, 0.2) is 52.0 Å². The summed E-state index contributed by atoms with van der Waals surface area (Å²) >= 11 is 0. The number of hydrogen-bond acceptors (Lipinski definition) is 5. The van der Waals surface area contributed by atoms with Crippen LogP contribution in [0.1, 0.15) is 58.6 Å². The summed E-state index contributed by atoms with van der Waals surface area (Å²) in [7, 11) is -1.97. The van der Waals surface area contributed by atoms with E-state index >= 15 is 0 Å². The van der Waals surface area contributed by atoms with Crippen molar-refractivity contribution in [3.8, 4) is 29.1 Å². The lowest BCUT2D eigenvalue weighted by molar-refractivity contribution is 0.0690. The lowest BCUT2D eigenvalue weighted by Gasteiger charge is -2.10. The molecular weight excluding hydrogens is 538 g/mol. The minimum absolute atomic E-state index is 0.0172. The Morgan fingerprint density at radius 2 is 1.95 bits per heavy atom. The number of hydrogen-bond donors (Lipinski definition) is 2. The zero-order chi connectivity index (χ0) is 28.0. The SMILES string of the molecule is NS(=O)c1ccc(Cc2c(-c3ccc(F)c(C#CC4CC4)c3)nn(-c3nc(C(=O)O)co3)c2CC2CC2)cc1F. The van der Waals surface area contributed by atoms with Crippen LogP contribution < -0.4 is 5.14 Å². The highest BCUT2D eigenvalue weighted by Crippen LogP contribution is 2.38. The number of carboxylic acid groups (broad SMARTS) is 1. The Balaban J connectivity index is 1.51. The van der Waals surface area contributed by atoms with Crippen LogP contribution in [0.4, 0.5) is 8.78 Å². The van der Waals surface area contributed by atoms with Gasteiger partial charge in [0.05, 0.1) is 21.8 Å². The van der Waals surface area contributed by atoms with Gasteiger partial charge in [-0.15, -0.1) is 0 Å². The number of nitrogens with zero attached hydrogens (tertiary/aromatic N) is 3. The van der Waals surface area contributed by atoms with E-state index in [-0.39, 0.29) is 34.5 Å². The number of oxazole rings is 1. The Morgan fingerprint density at radius 3 is 2.60 bits per heavy atom. The molecule has 3 N–H and O–H groups in total. The number of benzene rings is 2. The van der Waals surface area contributed by atoms with Crippen molar-refractivity contribution in [3.05, 3.63) is 82.4 Å². The molecule has 40 heavy (non-hydrogen) atoms. The second kappa shape index (κ2) is 10.4. The Hall–Kier alpha value is -4.14. The number of halogens is 2. The molecule has 0 saturated heterocycles. The van der Waals surface area contributed by atoms with E-state index in [1.807, 2.05) is 0 Å². The van der Waals surface area contributed by atoms with Gasteiger partial charge in [0, 0.05) is 23.5 Å². The van der Waals surface area contributed by atoms with Gasteiger partial charge >= 0.3 is 12.0 Å². The normalized spacial score (nSPS) is 15.5. The molecule has 1 unspecified atom stereocenters. The minimum Gasteiger partial charge on any atom is -0.476 e. The summed E-state index contributed by atoms with van der Waals surface area (Å²) in [5, 5.41) is 19.5. The van der Waals surface area contributed by atoms with Gasteiger partial charge in [0.1, 0.15) is 28.9 Å². The summed E-state index contributed by atoms with van der Waals surface area (Å²) in [6.45, 7) is 0. The predicted molar refractivity (Wildman–Crippen MR) is 142 cm³/mol. The van der Waals surface area contributed by atoms with Gasteiger partial charge in [0.15, 0.2) is 5.69 Å². The van der Waals surface area contributed by atoms with Gasteiger partial charge in [-0.05, 0) is 73.9 Å². The summed E-state index contributed by atoms with van der Waals surface area (Å²) in [5.41, 5.74) is 3.12. The molecular formula is C29H24F2N4O4S. The first kappa shape index (κ1) is 26.1. The fourth-order valence-corrected chi connectivity index (χ4v) is 4.98. The number of rotatable bonds is 8. The molecule has 2 aromatic carbocycles.